The molecule has 0 amide bonds. The molecular weight excluding hydrogens is 224 g/mol. The van der Waals surface area contributed by atoms with Crippen molar-refractivity contribution in [2.24, 2.45) is 11.8 Å². The second-order valence-corrected chi connectivity index (χ2v) is 4.66. The molecule has 3 heterocycles. The van der Waals surface area contributed by atoms with E-state index in [1.54, 1.807) is 0 Å². The molecule has 0 saturated carbocycles. The van der Waals surface area contributed by atoms with Crippen LogP contribution >= 0.6 is 0 Å². The Hall–Kier alpha value is -1.36. The molecule has 3 rings (SSSR count). The van der Waals surface area contributed by atoms with Crippen LogP contribution in [0.15, 0.2) is 12.2 Å². The molecule has 1 spiro atoms. The van der Waals surface area contributed by atoms with Crippen molar-refractivity contribution in [3.8, 4) is 0 Å². The number of cyclic esters (lactones) is 1. The summed E-state index contributed by atoms with van der Waals surface area (Å²) in [6.45, 7) is 1.94. The van der Waals surface area contributed by atoms with Crippen molar-refractivity contribution in [3.05, 3.63) is 12.2 Å². The van der Waals surface area contributed by atoms with Crippen molar-refractivity contribution in [1.29, 1.82) is 0 Å². The van der Waals surface area contributed by atoms with Crippen molar-refractivity contribution < 1.29 is 23.8 Å². The van der Waals surface area contributed by atoms with Gasteiger partial charge >= 0.3 is 11.9 Å². The lowest BCUT2D eigenvalue weighted by Gasteiger charge is -2.25. The van der Waals surface area contributed by atoms with Crippen molar-refractivity contribution in [3.63, 3.8) is 0 Å². The van der Waals surface area contributed by atoms with Crippen LogP contribution in [0, 0.1) is 11.8 Å². The van der Waals surface area contributed by atoms with Crippen LogP contribution in [-0.4, -0.2) is 36.9 Å². The summed E-state index contributed by atoms with van der Waals surface area (Å²) in [5, 5.41) is 0. The molecule has 3 aliphatic rings. The molecule has 2 fully saturated rings. The van der Waals surface area contributed by atoms with Crippen molar-refractivity contribution in [1.82, 2.24) is 0 Å². The van der Waals surface area contributed by atoms with E-state index in [1.807, 2.05) is 19.1 Å². The van der Waals surface area contributed by atoms with Gasteiger partial charge in [-0.1, -0.05) is 13.0 Å². The minimum Gasteiger partial charge on any atom is -0.469 e. The van der Waals surface area contributed by atoms with Gasteiger partial charge in [0.15, 0.2) is 0 Å². The zero-order valence-corrected chi connectivity index (χ0v) is 9.71. The van der Waals surface area contributed by atoms with E-state index in [1.165, 1.54) is 7.11 Å². The van der Waals surface area contributed by atoms with Gasteiger partial charge < -0.3 is 14.2 Å². The Kier molecular flexibility index (Phi) is 2.10. The Morgan fingerprint density at radius 3 is 3.00 bits per heavy atom. The molecule has 2 saturated heterocycles. The van der Waals surface area contributed by atoms with Gasteiger partial charge in [-0.15, -0.1) is 0 Å². The van der Waals surface area contributed by atoms with Gasteiger partial charge in [-0.25, -0.2) is 0 Å². The SMILES string of the molecule is CC[C@H]1OC(=O)[C@H]2[C@H](C(=O)OC)[C@@H]3C=C[C@]12O3. The van der Waals surface area contributed by atoms with E-state index in [-0.39, 0.29) is 18.2 Å². The van der Waals surface area contributed by atoms with Gasteiger partial charge in [0, 0.05) is 0 Å². The molecule has 0 radical (unpaired) electrons. The Balaban J connectivity index is 2.02. The van der Waals surface area contributed by atoms with Crippen molar-refractivity contribution in [2.45, 2.75) is 31.2 Å². The number of rotatable bonds is 2. The zero-order chi connectivity index (χ0) is 12.2. The summed E-state index contributed by atoms with van der Waals surface area (Å²) < 4.78 is 15.9. The Morgan fingerprint density at radius 1 is 1.59 bits per heavy atom. The highest BCUT2D eigenvalue weighted by Gasteiger charge is 2.70. The topological polar surface area (TPSA) is 61.8 Å². The van der Waals surface area contributed by atoms with Crippen LogP contribution in [0.1, 0.15) is 13.3 Å². The number of ether oxygens (including phenoxy) is 3. The monoisotopic (exact) mass is 238 g/mol. The third kappa shape index (κ3) is 1.12. The molecule has 3 aliphatic heterocycles. The highest BCUT2D eigenvalue weighted by atomic mass is 16.6. The molecule has 0 aromatic heterocycles. The third-order valence-corrected chi connectivity index (χ3v) is 3.95. The molecule has 0 unspecified atom stereocenters. The van der Waals surface area contributed by atoms with Gasteiger partial charge in [-0.05, 0) is 12.5 Å². The summed E-state index contributed by atoms with van der Waals surface area (Å²) in [6, 6.07) is 0. The van der Waals surface area contributed by atoms with Crippen LogP contribution < -0.4 is 0 Å². The van der Waals surface area contributed by atoms with E-state index in [9.17, 15) is 9.59 Å². The largest absolute Gasteiger partial charge is 0.469 e. The smallest absolute Gasteiger partial charge is 0.313 e. The fraction of sp³-hybridized carbons (Fsp3) is 0.667. The lowest BCUT2D eigenvalue weighted by atomic mass is 9.74. The van der Waals surface area contributed by atoms with E-state index >= 15 is 0 Å². The van der Waals surface area contributed by atoms with Gasteiger partial charge in [-0.3, -0.25) is 9.59 Å². The van der Waals surface area contributed by atoms with Gasteiger partial charge in [0.1, 0.15) is 23.5 Å². The van der Waals surface area contributed by atoms with Crippen LogP contribution in [0.5, 0.6) is 0 Å². The maximum Gasteiger partial charge on any atom is 0.313 e. The molecule has 0 aromatic rings. The van der Waals surface area contributed by atoms with E-state index in [0.717, 1.165) is 0 Å². The first-order valence-electron chi connectivity index (χ1n) is 5.79. The Morgan fingerprint density at radius 2 is 2.35 bits per heavy atom. The molecule has 5 atom stereocenters. The fourth-order valence-electron chi connectivity index (χ4n) is 3.23. The van der Waals surface area contributed by atoms with Gasteiger partial charge in [0.2, 0.25) is 0 Å². The summed E-state index contributed by atoms with van der Waals surface area (Å²) in [4.78, 5) is 23.6. The number of fused-ring (bicyclic) bond motifs is 1. The maximum absolute atomic E-state index is 11.9. The first-order chi connectivity index (χ1) is 8.14. The lowest BCUT2D eigenvalue weighted by Crippen LogP contribution is -2.42. The quantitative estimate of drug-likeness (QED) is 0.516. The highest BCUT2D eigenvalue weighted by Crippen LogP contribution is 2.54. The van der Waals surface area contributed by atoms with Crippen LogP contribution in [-0.2, 0) is 23.8 Å². The maximum atomic E-state index is 11.9. The van der Waals surface area contributed by atoms with Crippen LogP contribution in [0.3, 0.4) is 0 Å². The Labute approximate surface area is 98.7 Å². The molecular formula is C12H14O5. The van der Waals surface area contributed by atoms with Crippen molar-refractivity contribution in [2.75, 3.05) is 7.11 Å². The molecule has 0 N–H and O–H groups in total. The standard InChI is InChI=1S/C12H14O5/c1-3-7-12-5-4-6(17-12)8(10(13)15-2)9(12)11(14)16-7/h4-9H,3H2,1-2H3/t6-,7+,8+,9+,12-/m0/s1. The summed E-state index contributed by atoms with van der Waals surface area (Å²) in [6.07, 6.45) is 3.74. The molecule has 92 valence electrons. The number of esters is 2. The average molecular weight is 238 g/mol. The first kappa shape index (κ1) is 10.8. The number of hydrogen-bond donors (Lipinski definition) is 0. The summed E-state index contributed by atoms with van der Waals surface area (Å²) in [5.41, 5.74) is -0.741. The van der Waals surface area contributed by atoms with Crippen LogP contribution in [0.2, 0.25) is 0 Å². The zero-order valence-electron chi connectivity index (χ0n) is 9.71. The van der Waals surface area contributed by atoms with E-state index < -0.39 is 23.4 Å². The predicted molar refractivity (Wildman–Crippen MR) is 55.9 cm³/mol. The van der Waals surface area contributed by atoms with Gasteiger partial charge in [-0.2, -0.15) is 0 Å². The lowest BCUT2D eigenvalue weighted by molar-refractivity contribution is -0.156. The Bertz CT molecular complexity index is 415. The predicted octanol–water partition coefficient (Wildman–Crippen LogP) is 0.435. The minimum atomic E-state index is -0.741. The minimum absolute atomic E-state index is 0.295. The molecule has 0 aliphatic carbocycles. The van der Waals surface area contributed by atoms with Gasteiger partial charge in [0.05, 0.1) is 13.2 Å². The highest BCUT2D eigenvalue weighted by molar-refractivity contribution is 5.87. The summed E-state index contributed by atoms with van der Waals surface area (Å²) >= 11 is 0. The fourth-order valence-corrected chi connectivity index (χ4v) is 3.23. The number of methoxy groups -OCH3 is 1. The van der Waals surface area contributed by atoms with E-state index in [4.69, 9.17) is 14.2 Å². The van der Waals surface area contributed by atoms with E-state index in [2.05, 4.69) is 0 Å². The van der Waals surface area contributed by atoms with Crippen LogP contribution in [0.25, 0.3) is 0 Å². The number of hydrogen-bond acceptors (Lipinski definition) is 5. The molecule has 17 heavy (non-hydrogen) atoms. The van der Waals surface area contributed by atoms with Crippen molar-refractivity contribution >= 4 is 11.9 Å². The molecule has 5 nitrogen and oxygen atoms in total. The summed E-state index contributed by atoms with van der Waals surface area (Å²) in [7, 11) is 1.32. The molecule has 2 bridgehead atoms. The second-order valence-electron chi connectivity index (χ2n) is 4.66. The molecule has 5 heteroatoms. The third-order valence-electron chi connectivity index (χ3n) is 3.95. The van der Waals surface area contributed by atoms with E-state index in [0.29, 0.717) is 6.42 Å². The number of carbonyl (C=O) groups excluding carboxylic acids is 2. The summed E-state index contributed by atoms with van der Waals surface area (Å²) in [5.74, 6) is -1.86. The number of carbonyl (C=O) groups is 2. The normalized spacial score (nSPS) is 45.9. The van der Waals surface area contributed by atoms with Crippen LogP contribution in [0.4, 0.5) is 0 Å². The van der Waals surface area contributed by atoms with Gasteiger partial charge in [0.25, 0.3) is 0 Å². The second kappa shape index (κ2) is 3.32. The first-order valence-corrected chi connectivity index (χ1v) is 5.79. The average Bonchev–Trinajstić information content (AvgIpc) is 2.97. The molecule has 0 aromatic carbocycles.